The van der Waals surface area contributed by atoms with E-state index in [1.165, 1.54) is 6.07 Å². The van der Waals surface area contributed by atoms with E-state index >= 15 is 0 Å². The first kappa shape index (κ1) is 20.3. The van der Waals surface area contributed by atoms with Gasteiger partial charge in [-0.25, -0.2) is 9.18 Å². The van der Waals surface area contributed by atoms with Gasteiger partial charge in [-0.3, -0.25) is 4.79 Å². The van der Waals surface area contributed by atoms with Crippen LogP contribution >= 0.6 is 0 Å². The van der Waals surface area contributed by atoms with Gasteiger partial charge in [0.05, 0.1) is 18.8 Å². The number of nitrogens with zero attached hydrogens (tertiary/aromatic N) is 1. The molecule has 2 atom stereocenters. The van der Waals surface area contributed by atoms with Crippen LogP contribution in [-0.2, 0) is 11.3 Å². The molecule has 3 amide bonds. The quantitative estimate of drug-likeness (QED) is 0.801. The fourth-order valence-corrected chi connectivity index (χ4v) is 4.20. The minimum absolute atomic E-state index is 0.0962. The first-order chi connectivity index (χ1) is 14.6. The summed E-state index contributed by atoms with van der Waals surface area (Å²) in [7, 11) is 0. The Hall–Kier alpha value is -2.93. The lowest BCUT2D eigenvalue weighted by atomic mass is 9.90. The molecule has 2 aliphatic rings. The topological polar surface area (TPSA) is 70.7 Å². The smallest absolute Gasteiger partial charge is 0.322 e. The van der Waals surface area contributed by atoms with Crippen molar-refractivity contribution in [3.05, 3.63) is 65.5 Å². The van der Waals surface area contributed by atoms with Crippen molar-refractivity contribution in [2.75, 3.05) is 18.5 Å². The van der Waals surface area contributed by atoms with Crippen LogP contribution in [0.4, 0.5) is 14.9 Å². The molecular weight excluding hydrogens is 385 g/mol. The van der Waals surface area contributed by atoms with Gasteiger partial charge in [0.1, 0.15) is 5.82 Å². The van der Waals surface area contributed by atoms with Gasteiger partial charge in [0, 0.05) is 29.9 Å². The van der Waals surface area contributed by atoms with E-state index in [0.29, 0.717) is 30.0 Å². The molecule has 6 nitrogen and oxygen atoms in total. The Morgan fingerprint density at radius 3 is 2.80 bits per heavy atom. The number of carbonyl (C=O) groups excluding carboxylic acids is 2. The fourth-order valence-electron chi connectivity index (χ4n) is 4.20. The SMILES string of the molecule is O=C(NCc1ccccc1F)c1cccc(NC(=O)N2CCO[C@H]3CCCC[C@@H]32)c1. The van der Waals surface area contributed by atoms with E-state index in [1.54, 1.807) is 42.5 Å². The molecule has 2 fully saturated rings. The normalized spacial score (nSPS) is 20.9. The lowest BCUT2D eigenvalue weighted by Gasteiger charge is -2.43. The number of ether oxygens (including phenoxy) is 1. The van der Waals surface area contributed by atoms with Crippen LogP contribution in [0, 0.1) is 5.82 Å². The molecule has 2 aromatic carbocycles. The van der Waals surface area contributed by atoms with Gasteiger partial charge in [-0.2, -0.15) is 0 Å². The fraction of sp³-hybridized carbons (Fsp3) is 0.391. The summed E-state index contributed by atoms with van der Waals surface area (Å²) in [5.41, 5.74) is 1.38. The molecule has 0 aromatic heterocycles. The summed E-state index contributed by atoms with van der Waals surface area (Å²) in [5.74, 6) is -0.682. The Bertz CT molecular complexity index is 918. The Morgan fingerprint density at radius 2 is 1.93 bits per heavy atom. The van der Waals surface area contributed by atoms with Gasteiger partial charge in [-0.05, 0) is 37.1 Å². The summed E-state index contributed by atoms with van der Waals surface area (Å²) in [6.45, 7) is 1.21. The number of anilines is 1. The number of amides is 3. The molecule has 2 aromatic rings. The third-order valence-electron chi connectivity index (χ3n) is 5.77. The van der Waals surface area contributed by atoms with Crippen LogP contribution in [0.5, 0.6) is 0 Å². The molecule has 0 bridgehead atoms. The molecule has 0 spiro atoms. The number of nitrogens with one attached hydrogen (secondary N) is 2. The molecule has 0 radical (unpaired) electrons. The monoisotopic (exact) mass is 411 g/mol. The number of fused-ring (bicyclic) bond motifs is 1. The number of benzene rings is 2. The minimum atomic E-state index is -0.356. The summed E-state index contributed by atoms with van der Waals surface area (Å²) in [5, 5.41) is 5.63. The number of carbonyl (C=O) groups is 2. The van der Waals surface area contributed by atoms with E-state index in [-0.39, 0.29) is 36.4 Å². The maximum atomic E-state index is 13.7. The second-order valence-corrected chi connectivity index (χ2v) is 7.74. The molecule has 30 heavy (non-hydrogen) atoms. The van der Waals surface area contributed by atoms with E-state index in [9.17, 15) is 14.0 Å². The highest BCUT2D eigenvalue weighted by Gasteiger charge is 2.36. The molecule has 1 aliphatic heterocycles. The van der Waals surface area contributed by atoms with E-state index < -0.39 is 0 Å². The Morgan fingerprint density at radius 1 is 1.10 bits per heavy atom. The van der Waals surface area contributed by atoms with E-state index in [4.69, 9.17) is 4.74 Å². The number of morpholine rings is 1. The van der Waals surface area contributed by atoms with Crippen molar-refractivity contribution in [1.29, 1.82) is 0 Å². The zero-order valence-corrected chi connectivity index (χ0v) is 16.8. The van der Waals surface area contributed by atoms with Gasteiger partial charge in [0.15, 0.2) is 0 Å². The highest BCUT2D eigenvalue weighted by Crippen LogP contribution is 2.29. The molecule has 1 saturated heterocycles. The average Bonchev–Trinajstić information content (AvgIpc) is 2.78. The van der Waals surface area contributed by atoms with Gasteiger partial charge in [0.25, 0.3) is 5.91 Å². The molecule has 4 rings (SSSR count). The van der Waals surface area contributed by atoms with Crippen LogP contribution in [0.15, 0.2) is 48.5 Å². The first-order valence-electron chi connectivity index (χ1n) is 10.4. The molecule has 2 N–H and O–H groups in total. The predicted octanol–water partition coefficient (Wildman–Crippen LogP) is 3.93. The maximum absolute atomic E-state index is 13.7. The summed E-state index contributed by atoms with van der Waals surface area (Å²) in [6.07, 6.45) is 4.31. The standard InChI is InChI=1S/C23H26FN3O3/c24-19-9-2-1-6-17(19)15-25-22(28)16-7-5-8-18(14-16)26-23(29)27-12-13-30-21-11-4-3-10-20(21)27/h1-2,5-9,14,20-21H,3-4,10-13,15H2,(H,25,28)(H,26,29)/t20-,21-/m0/s1. The molecule has 1 aliphatic carbocycles. The summed E-state index contributed by atoms with van der Waals surface area (Å²) < 4.78 is 19.6. The highest BCUT2D eigenvalue weighted by molar-refractivity contribution is 5.97. The second kappa shape index (κ2) is 9.26. The second-order valence-electron chi connectivity index (χ2n) is 7.74. The van der Waals surface area contributed by atoms with Crippen LogP contribution in [0.3, 0.4) is 0 Å². The van der Waals surface area contributed by atoms with Crippen molar-refractivity contribution < 1.29 is 18.7 Å². The first-order valence-corrected chi connectivity index (χ1v) is 10.4. The lowest BCUT2D eigenvalue weighted by Crippen LogP contribution is -2.55. The third kappa shape index (κ3) is 4.62. The lowest BCUT2D eigenvalue weighted by molar-refractivity contribution is -0.0694. The van der Waals surface area contributed by atoms with Gasteiger partial charge >= 0.3 is 6.03 Å². The van der Waals surface area contributed by atoms with Crippen molar-refractivity contribution in [1.82, 2.24) is 10.2 Å². The van der Waals surface area contributed by atoms with Crippen LogP contribution < -0.4 is 10.6 Å². The van der Waals surface area contributed by atoms with Crippen molar-refractivity contribution in [2.45, 2.75) is 44.4 Å². The molecule has 1 heterocycles. The van der Waals surface area contributed by atoms with E-state index in [1.807, 2.05) is 4.90 Å². The summed E-state index contributed by atoms with van der Waals surface area (Å²) >= 11 is 0. The molecule has 158 valence electrons. The van der Waals surface area contributed by atoms with Crippen LogP contribution in [0.2, 0.25) is 0 Å². The van der Waals surface area contributed by atoms with Crippen molar-refractivity contribution in [3.63, 3.8) is 0 Å². The van der Waals surface area contributed by atoms with Crippen molar-refractivity contribution >= 4 is 17.6 Å². The Labute approximate surface area is 175 Å². The molecular formula is C23H26FN3O3. The number of hydrogen-bond acceptors (Lipinski definition) is 3. The number of rotatable bonds is 4. The predicted molar refractivity (Wildman–Crippen MR) is 112 cm³/mol. The van der Waals surface area contributed by atoms with Crippen molar-refractivity contribution in [3.8, 4) is 0 Å². The summed E-state index contributed by atoms with van der Waals surface area (Å²) in [6, 6.07) is 13.0. The number of urea groups is 1. The highest BCUT2D eigenvalue weighted by atomic mass is 19.1. The Kier molecular flexibility index (Phi) is 6.28. The van der Waals surface area contributed by atoms with Gasteiger partial charge < -0.3 is 20.3 Å². The minimum Gasteiger partial charge on any atom is -0.374 e. The Balaban J connectivity index is 1.38. The zero-order valence-electron chi connectivity index (χ0n) is 16.8. The van der Waals surface area contributed by atoms with Crippen LogP contribution in [-0.4, -0.2) is 42.1 Å². The van der Waals surface area contributed by atoms with Crippen LogP contribution in [0.25, 0.3) is 0 Å². The molecule has 1 saturated carbocycles. The maximum Gasteiger partial charge on any atom is 0.322 e. The zero-order chi connectivity index (χ0) is 20.9. The van der Waals surface area contributed by atoms with Gasteiger partial charge in [-0.1, -0.05) is 37.1 Å². The molecule has 0 unspecified atom stereocenters. The largest absolute Gasteiger partial charge is 0.374 e. The van der Waals surface area contributed by atoms with Gasteiger partial charge in [-0.15, -0.1) is 0 Å². The third-order valence-corrected chi connectivity index (χ3v) is 5.77. The van der Waals surface area contributed by atoms with E-state index in [2.05, 4.69) is 10.6 Å². The van der Waals surface area contributed by atoms with Gasteiger partial charge in [0.2, 0.25) is 0 Å². The average molecular weight is 411 g/mol. The molecule has 7 heteroatoms. The van der Waals surface area contributed by atoms with E-state index in [0.717, 1.165) is 25.7 Å². The van der Waals surface area contributed by atoms with Crippen LogP contribution in [0.1, 0.15) is 41.6 Å². The van der Waals surface area contributed by atoms with Crippen molar-refractivity contribution in [2.24, 2.45) is 0 Å². The summed E-state index contributed by atoms with van der Waals surface area (Å²) in [4.78, 5) is 27.2. The number of hydrogen-bond donors (Lipinski definition) is 2. The number of halogens is 1.